The third kappa shape index (κ3) is 6.09. The van der Waals surface area contributed by atoms with Crippen LogP contribution in [0.4, 0.5) is 10.8 Å². The van der Waals surface area contributed by atoms with Gasteiger partial charge < -0.3 is 14.6 Å². The predicted octanol–water partition coefficient (Wildman–Crippen LogP) is 6.00. The Hall–Kier alpha value is -3.18. The van der Waals surface area contributed by atoms with Crippen LogP contribution in [0.5, 0.6) is 0 Å². The summed E-state index contributed by atoms with van der Waals surface area (Å²) in [7, 11) is 0. The Morgan fingerprint density at radius 1 is 1.03 bits per heavy atom. The van der Waals surface area contributed by atoms with Crippen LogP contribution in [0, 0.1) is 0 Å². The first kappa shape index (κ1) is 23.6. The summed E-state index contributed by atoms with van der Waals surface area (Å²) in [6.07, 6.45) is 9.18. The number of rotatable bonds is 9. The summed E-state index contributed by atoms with van der Waals surface area (Å²) in [6.45, 7) is 0. The molecule has 0 radical (unpaired) electrons. The van der Waals surface area contributed by atoms with E-state index in [9.17, 15) is 8.76 Å². The minimum absolute atomic E-state index is 0.132. The summed E-state index contributed by atoms with van der Waals surface area (Å²) in [5, 5.41) is 17.0. The van der Waals surface area contributed by atoms with Crippen LogP contribution < -0.4 is 10.0 Å². The molecule has 2 N–H and O–H groups in total. The van der Waals surface area contributed by atoms with E-state index in [1.54, 1.807) is 23.5 Å². The van der Waals surface area contributed by atoms with Gasteiger partial charge >= 0.3 is 0 Å². The molecule has 7 nitrogen and oxygen atoms in total. The Kier molecular flexibility index (Phi) is 7.43. The van der Waals surface area contributed by atoms with E-state index >= 15 is 0 Å². The number of aromatic nitrogens is 3. The van der Waals surface area contributed by atoms with Gasteiger partial charge in [0.1, 0.15) is 10.0 Å². The fourth-order valence-electron chi connectivity index (χ4n) is 3.75. The van der Waals surface area contributed by atoms with Crippen LogP contribution >= 0.6 is 22.7 Å². The number of nitrogens with one attached hydrogen (secondary N) is 2. The minimum Gasteiger partial charge on any atom is -0.755 e. The van der Waals surface area contributed by atoms with Crippen molar-refractivity contribution in [2.24, 2.45) is 0 Å². The van der Waals surface area contributed by atoms with Crippen molar-refractivity contribution in [2.75, 3.05) is 10.0 Å². The average Bonchev–Trinajstić information content (AvgIpc) is 3.56. The molecule has 0 aliphatic heterocycles. The van der Waals surface area contributed by atoms with Crippen LogP contribution in [0.3, 0.4) is 0 Å². The minimum atomic E-state index is -2.35. The second-order valence-corrected chi connectivity index (χ2v) is 10.4. The monoisotopic (exact) mass is 520 g/mol. The molecule has 0 bridgehead atoms. The summed E-state index contributed by atoms with van der Waals surface area (Å²) < 4.78 is 24.2. The molecule has 0 saturated carbocycles. The van der Waals surface area contributed by atoms with Crippen molar-refractivity contribution in [3.05, 3.63) is 94.5 Å². The molecule has 2 aromatic carbocycles. The van der Waals surface area contributed by atoms with E-state index in [1.165, 1.54) is 11.3 Å². The maximum absolute atomic E-state index is 10.9. The zero-order valence-electron chi connectivity index (χ0n) is 18.6. The first-order chi connectivity index (χ1) is 17.1. The molecule has 0 fully saturated rings. The fourth-order valence-corrected chi connectivity index (χ4v) is 5.77. The van der Waals surface area contributed by atoms with E-state index in [0.29, 0.717) is 12.1 Å². The van der Waals surface area contributed by atoms with Gasteiger partial charge in [-0.2, -0.15) is 0 Å². The van der Waals surface area contributed by atoms with Gasteiger partial charge in [0.25, 0.3) is 0 Å². The van der Waals surface area contributed by atoms with Gasteiger partial charge in [0, 0.05) is 33.5 Å². The highest BCUT2D eigenvalue weighted by Crippen LogP contribution is 2.32. The van der Waals surface area contributed by atoms with Crippen molar-refractivity contribution in [2.45, 2.75) is 25.3 Å². The van der Waals surface area contributed by atoms with E-state index < -0.39 is 11.3 Å². The van der Waals surface area contributed by atoms with Crippen molar-refractivity contribution >= 4 is 50.3 Å². The molecule has 0 spiro atoms. The molecule has 35 heavy (non-hydrogen) atoms. The molecule has 4 aromatic rings. The third-order valence-corrected chi connectivity index (χ3v) is 7.67. The fraction of sp³-hybridized carbons (Fsp3) is 0.160. The third-order valence-electron chi connectivity index (χ3n) is 5.46. The molecule has 1 aliphatic carbocycles. The lowest BCUT2D eigenvalue weighted by molar-refractivity contribution is 0.542. The lowest BCUT2D eigenvalue weighted by Crippen LogP contribution is -2.14. The molecule has 1 aliphatic rings. The van der Waals surface area contributed by atoms with Gasteiger partial charge in [0.2, 0.25) is 5.13 Å². The van der Waals surface area contributed by atoms with Crippen molar-refractivity contribution in [1.29, 1.82) is 0 Å². The van der Waals surface area contributed by atoms with Crippen molar-refractivity contribution in [3.8, 4) is 10.6 Å². The van der Waals surface area contributed by atoms with Crippen LogP contribution in [0.25, 0.3) is 16.1 Å². The molecule has 2 heterocycles. The van der Waals surface area contributed by atoms with Gasteiger partial charge in [-0.1, -0.05) is 72.0 Å². The number of hydrogen-bond acceptors (Lipinski definition) is 8. The Bertz CT molecular complexity index is 1360. The summed E-state index contributed by atoms with van der Waals surface area (Å²) >= 11 is 0.789. The van der Waals surface area contributed by atoms with E-state index in [-0.39, 0.29) is 6.04 Å². The first-order valence-electron chi connectivity index (χ1n) is 11.1. The highest BCUT2D eigenvalue weighted by atomic mass is 32.2. The summed E-state index contributed by atoms with van der Waals surface area (Å²) in [5.74, 6) is 0. The van der Waals surface area contributed by atoms with Gasteiger partial charge in [0.15, 0.2) is 0 Å². The lowest BCUT2D eigenvalue weighted by atomic mass is 10.0. The van der Waals surface area contributed by atoms with Gasteiger partial charge in [-0.25, -0.2) is 4.98 Å². The van der Waals surface area contributed by atoms with Crippen molar-refractivity contribution < 1.29 is 8.76 Å². The van der Waals surface area contributed by atoms with E-state index in [1.807, 2.05) is 30.3 Å². The lowest BCUT2D eigenvalue weighted by Gasteiger charge is -2.17. The molecule has 2 atom stereocenters. The highest BCUT2D eigenvalue weighted by molar-refractivity contribution is 7.80. The molecule has 5 rings (SSSR count). The van der Waals surface area contributed by atoms with Crippen LogP contribution in [0.2, 0.25) is 0 Å². The smallest absolute Gasteiger partial charge is 0.206 e. The molecular formula is C25H22N5O2S3-. The largest absolute Gasteiger partial charge is 0.755 e. The molecular weight excluding hydrogens is 499 g/mol. The van der Waals surface area contributed by atoms with E-state index in [4.69, 9.17) is 4.98 Å². The zero-order chi connectivity index (χ0) is 24.0. The second kappa shape index (κ2) is 11.0. The standard InChI is InChI=1S/C25H23N5O2S3/c31-35(32)30-20-13-11-17(12-14-20)15-21(22-16-33-23(26-22)18-7-3-1-4-8-18)27-25-29-28-24(34-25)19-9-5-2-6-10-19/h1,3-5,7-14,16,21,30H,2,6,15H2,(H,27,29)(H,31,32)/p-1/t21-/m0/s1. The maximum atomic E-state index is 10.9. The molecule has 1 unspecified atom stereocenters. The number of anilines is 2. The molecule has 0 saturated heterocycles. The summed E-state index contributed by atoms with van der Waals surface area (Å²) in [6, 6.07) is 17.3. The Morgan fingerprint density at radius 3 is 2.60 bits per heavy atom. The van der Waals surface area contributed by atoms with Gasteiger partial charge in [-0.05, 0) is 37.0 Å². The van der Waals surface area contributed by atoms with Gasteiger partial charge in [-0.15, -0.1) is 21.5 Å². The second-order valence-electron chi connectivity index (χ2n) is 7.93. The first-order valence-corrected chi connectivity index (χ1v) is 13.8. The van der Waals surface area contributed by atoms with E-state index in [2.05, 4.69) is 56.0 Å². The maximum Gasteiger partial charge on any atom is 0.206 e. The number of benzene rings is 2. The van der Waals surface area contributed by atoms with Gasteiger partial charge in [-0.3, -0.25) is 4.21 Å². The summed E-state index contributed by atoms with van der Waals surface area (Å²) in [4.78, 5) is 4.92. The molecule has 10 heteroatoms. The Labute approximate surface area is 214 Å². The van der Waals surface area contributed by atoms with Crippen LogP contribution in [-0.2, 0) is 17.7 Å². The number of thiazole rings is 1. The number of nitrogens with zero attached hydrogens (tertiary/aromatic N) is 3. The van der Waals surface area contributed by atoms with Crippen LogP contribution in [-0.4, -0.2) is 23.9 Å². The summed E-state index contributed by atoms with van der Waals surface area (Å²) in [5.41, 5.74) is 4.68. The Morgan fingerprint density at radius 2 is 1.86 bits per heavy atom. The SMILES string of the molecule is O=S([O-])Nc1ccc(C[C@H](Nc2nnc(C3=CCCC=C3)s2)c2csc(-c3ccccc3)n2)cc1. The topological polar surface area (TPSA) is 103 Å². The van der Waals surface area contributed by atoms with Crippen LogP contribution in [0.1, 0.15) is 35.1 Å². The molecule has 0 amide bonds. The van der Waals surface area contributed by atoms with Crippen molar-refractivity contribution in [3.63, 3.8) is 0 Å². The molecule has 178 valence electrons. The normalized spacial score (nSPS) is 14.8. The number of hydrogen-bond donors (Lipinski definition) is 2. The predicted molar refractivity (Wildman–Crippen MR) is 143 cm³/mol. The molecule has 2 aromatic heterocycles. The van der Waals surface area contributed by atoms with Gasteiger partial charge in [0.05, 0.1) is 11.7 Å². The number of allylic oxidation sites excluding steroid dienone is 4. The van der Waals surface area contributed by atoms with E-state index in [0.717, 1.165) is 50.4 Å². The zero-order valence-corrected chi connectivity index (χ0v) is 21.0. The average molecular weight is 521 g/mol. The van der Waals surface area contributed by atoms with Crippen molar-refractivity contribution in [1.82, 2.24) is 15.2 Å². The highest BCUT2D eigenvalue weighted by Gasteiger charge is 2.19. The van der Waals surface area contributed by atoms with Crippen LogP contribution in [0.15, 0.2) is 78.2 Å². The Balaban J connectivity index is 1.40. The quantitative estimate of drug-likeness (QED) is 0.263.